The zero-order chi connectivity index (χ0) is 15.3. The Bertz CT molecular complexity index is 555. The number of hydrogen-bond donors (Lipinski definition) is 0. The number of carbonyl (C=O) groups is 1. The third-order valence-electron chi connectivity index (χ3n) is 2.16. The molecule has 0 aliphatic heterocycles. The van der Waals surface area contributed by atoms with Crippen LogP contribution < -0.4 is 0 Å². The number of rotatable bonds is 4. The second kappa shape index (κ2) is 6.99. The molecule has 0 bridgehead atoms. The van der Waals surface area contributed by atoms with E-state index in [-0.39, 0.29) is 39.7 Å². The van der Waals surface area contributed by atoms with Gasteiger partial charge < -0.3 is 4.74 Å². The van der Waals surface area contributed by atoms with Gasteiger partial charge in [-0.1, -0.05) is 6.07 Å². The lowest BCUT2D eigenvalue weighted by atomic mass is 10.1. The molecule has 0 fully saturated rings. The second-order valence-electron chi connectivity index (χ2n) is 3.55. The Morgan fingerprint density at radius 3 is 2.65 bits per heavy atom. The van der Waals surface area contributed by atoms with Crippen molar-refractivity contribution in [2.75, 3.05) is 6.61 Å². The van der Waals surface area contributed by atoms with Gasteiger partial charge in [-0.2, -0.15) is 18.4 Å². The number of esters is 1. The standard InChI is InChI=1S/C12H9BrF3NO2S/c1-2-19-10(18)5-7-3-4-9(20-12(14,15)16)8(6-17)11(7)13/h3-4H,2,5H2,1H3. The maximum atomic E-state index is 12.4. The molecule has 1 aromatic rings. The van der Waals surface area contributed by atoms with E-state index < -0.39 is 11.5 Å². The molecule has 0 aliphatic carbocycles. The van der Waals surface area contributed by atoms with Gasteiger partial charge in [-0.3, -0.25) is 4.79 Å². The highest BCUT2D eigenvalue weighted by Crippen LogP contribution is 2.41. The molecule has 0 heterocycles. The van der Waals surface area contributed by atoms with E-state index in [0.717, 1.165) is 0 Å². The summed E-state index contributed by atoms with van der Waals surface area (Å²) in [6, 6.07) is 4.26. The van der Waals surface area contributed by atoms with Crippen molar-refractivity contribution in [2.45, 2.75) is 23.7 Å². The normalized spacial score (nSPS) is 11.0. The number of ether oxygens (including phenoxy) is 1. The first-order valence-electron chi connectivity index (χ1n) is 5.41. The molecule has 108 valence electrons. The van der Waals surface area contributed by atoms with Crippen molar-refractivity contribution in [2.24, 2.45) is 0 Å². The molecule has 0 aliphatic rings. The Balaban J connectivity index is 3.09. The number of carbonyl (C=O) groups excluding carboxylic acids is 1. The zero-order valence-electron chi connectivity index (χ0n) is 10.3. The molecule has 0 amide bonds. The number of hydrogen-bond acceptors (Lipinski definition) is 4. The molecule has 0 spiro atoms. The largest absolute Gasteiger partial charge is 0.466 e. The summed E-state index contributed by atoms with van der Waals surface area (Å²) >= 11 is 2.70. The number of nitriles is 1. The van der Waals surface area contributed by atoms with Crippen LogP contribution in [0.4, 0.5) is 13.2 Å². The molecular formula is C12H9BrF3NO2S. The summed E-state index contributed by atoms with van der Waals surface area (Å²) in [5.41, 5.74) is -4.21. The van der Waals surface area contributed by atoms with Crippen LogP contribution in [0.15, 0.2) is 21.5 Å². The predicted molar refractivity (Wildman–Crippen MR) is 71.1 cm³/mol. The fourth-order valence-corrected chi connectivity index (χ4v) is 2.76. The average Bonchev–Trinajstić information content (AvgIpc) is 2.31. The number of halogens is 4. The Labute approximate surface area is 126 Å². The molecule has 0 atom stereocenters. The average molecular weight is 368 g/mol. The van der Waals surface area contributed by atoms with Crippen LogP contribution in [0.5, 0.6) is 0 Å². The third-order valence-corrected chi connectivity index (χ3v) is 3.86. The number of nitrogens with zero attached hydrogens (tertiary/aromatic N) is 1. The Morgan fingerprint density at radius 2 is 2.15 bits per heavy atom. The molecule has 0 saturated carbocycles. The van der Waals surface area contributed by atoms with Crippen LogP contribution in [-0.2, 0) is 16.0 Å². The van der Waals surface area contributed by atoms with Gasteiger partial charge >= 0.3 is 11.5 Å². The van der Waals surface area contributed by atoms with E-state index in [1.165, 1.54) is 12.1 Å². The van der Waals surface area contributed by atoms with Crippen LogP contribution >= 0.6 is 27.7 Å². The van der Waals surface area contributed by atoms with Crippen LogP contribution in [-0.4, -0.2) is 18.1 Å². The lowest BCUT2D eigenvalue weighted by molar-refractivity contribution is -0.142. The van der Waals surface area contributed by atoms with Crippen molar-refractivity contribution in [3.05, 3.63) is 27.7 Å². The summed E-state index contributed by atoms with van der Waals surface area (Å²) in [6.45, 7) is 1.86. The quantitative estimate of drug-likeness (QED) is 0.595. The van der Waals surface area contributed by atoms with Gasteiger partial charge in [0.1, 0.15) is 6.07 Å². The summed E-state index contributed by atoms with van der Waals surface area (Å²) < 4.78 is 42.0. The summed E-state index contributed by atoms with van der Waals surface area (Å²) in [5.74, 6) is -0.506. The molecule has 0 radical (unpaired) electrons. The van der Waals surface area contributed by atoms with Gasteiger partial charge in [0.05, 0.1) is 18.6 Å². The summed E-state index contributed by atoms with van der Waals surface area (Å²) in [7, 11) is 0. The van der Waals surface area contributed by atoms with Gasteiger partial charge in [-0.15, -0.1) is 0 Å². The van der Waals surface area contributed by atoms with E-state index in [2.05, 4.69) is 15.9 Å². The topological polar surface area (TPSA) is 50.1 Å². The van der Waals surface area contributed by atoms with Gasteiger partial charge in [0, 0.05) is 9.37 Å². The molecular weight excluding hydrogens is 359 g/mol. The fourth-order valence-electron chi connectivity index (χ4n) is 1.42. The SMILES string of the molecule is CCOC(=O)Cc1ccc(SC(F)(F)F)c(C#N)c1Br. The van der Waals surface area contributed by atoms with Crippen LogP contribution in [0, 0.1) is 11.3 Å². The van der Waals surface area contributed by atoms with Crippen molar-refractivity contribution >= 4 is 33.7 Å². The number of alkyl halides is 3. The van der Waals surface area contributed by atoms with E-state index in [9.17, 15) is 18.0 Å². The Hall–Kier alpha value is -1.20. The molecule has 0 unspecified atom stereocenters. The minimum atomic E-state index is -4.48. The maximum Gasteiger partial charge on any atom is 0.446 e. The first kappa shape index (κ1) is 16.9. The van der Waals surface area contributed by atoms with E-state index in [4.69, 9.17) is 10.00 Å². The summed E-state index contributed by atoms with van der Waals surface area (Å²) in [4.78, 5) is 11.2. The highest BCUT2D eigenvalue weighted by atomic mass is 79.9. The fraction of sp³-hybridized carbons (Fsp3) is 0.333. The highest BCUT2D eigenvalue weighted by molar-refractivity contribution is 9.10. The number of benzene rings is 1. The molecule has 8 heteroatoms. The first-order valence-corrected chi connectivity index (χ1v) is 7.02. The van der Waals surface area contributed by atoms with Crippen LogP contribution in [0.3, 0.4) is 0 Å². The number of thioether (sulfide) groups is 1. The van der Waals surface area contributed by atoms with Crippen LogP contribution in [0.25, 0.3) is 0 Å². The predicted octanol–water partition coefficient (Wildman–Crippen LogP) is 4.04. The molecule has 3 nitrogen and oxygen atoms in total. The van der Waals surface area contributed by atoms with Crippen molar-refractivity contribution < 1.29 is 22.7 Å². The Kier molecular flexibility index (Phi) is 5.89. The van der Waals surface area contributed by atoms with Crippen molar-refractivity contribution in [3.63, 3.8) is 0 Å². The van der Waals surface area contributed by atoms with Crippen molar-refractivity contribution in [3.8, 4) is 6.07 Å². The van der Waals surface area contributed by atoms with Crippen LogP contribution in [0.1, 0.15) is 18.1 Å². The molecule has 20 heavy (non-hydrogen) atoms. The van der Waals surface area contributed by atoms with Gasteiger partial charge in [0.15, 0.2) is 0 Å². The minimum absolute atomic E-state index is 0.111. The first-order chi connectivity index (χ1) is 9.28. The smallest absolute Gasteiger partial charge is 0.446 e. The van der Waals surface area contributed by atoms with E-state index in [0.29, 0.717) is 5.56 Å². The van der Waals surface area contributed by atoms with E-state index >= 15 is 0 Å². The molecule has 0 N–H and O–H groups in total. The second-order valence-corrected chi connectivity index (χ2v) is 5.45. The monoisotopic (exact) mass is 367 g/mol. The highest BCUT2D eigenvalue weighted by Gasteiger charge is 2.31. The van der Waals surface area contributed by atoms with E-state index in [1.807, 2.05) is 0 Å². The lowest BCUT2D eigenvalue weighted by Gasteiger charge is -2.11. The summed E-state index contributed by atoms with van der Waals surface area (Å²) in [5, 5.41) is 8.98. The zero-order valence-corrected chi connectivity index (χ0v) is 12.7. The summed E-state index contributed by atoms with van der Waals surface area (Å²) in [6.07, 6.45) is -0.111. The van der Waals surface area contributed by atoms with Gasteiger partial charge in [-0.05, 0) is 46.2 Å². The van der Waals surface area contributed by atoms with Gasteiger partial charge in [0.2, 0.25) is 0 Å². The van der Waals surface area contributed by atoms with Crippen molar-refractivity contribution in [1.29, 1.82) is 5.26 Å². The molecule has 1 aromatic carbocycles. The molecule has 0 aromatic heterocycles. The Morgan fingerprint density at radius 1 is 1.50 bits per heavy atom. The van der Waals surface area contributed by atoms with Crippen LogP contribution in [0.2, 0.25) is 0 Å². The maximum absolute atomic E-state index is 12.4. The van der Waals surface area contributed by atoms with Gasteiger partial charge in [0.25, 0.3) is 0 Å². The third kappa shape index (κ3) is 4.72. The minimum Gasteiger partial charge on any atom is -0.466 e. The molecule has 0 saturated heterocycles. The lowest BCUT2D eigenvalue weighted by Crippen LogP contribution is -2.09. The molecule has 1 rings (SSSR count). The van der Waals surface area contributed by atoms with Gasteiger partial charge in [-0.25, -0.2) is 0 Å². The van der Waals surface area contributed by atoms with Crippen molar-refractivity contribution in [1.82, 2.24) is 0 Å². The van der Waals surface area contributed by atoms with E-state index in [1.54, 1.807) is 13.0 Å².